The fourth-order valence-electron chi connectivity index (χ4n) is 5.68. The molecule has 182 valence electrons. The normalized spacial score (nSPS) is 24.9. The van der Waals surface area contributed by atoms with Gasteiger partial charge in [-0.05, 0) is 37.3 Å². The summed E-state index contributed by atoms with van der Waals surface area (Å²) in [6, 6.07) is 1.69. The van der Waals surface area contributed by atoms with Gasteiger partial charge in [0.15, 0.2) is 5.13 Å². The van der Waals surface area contributed by atoms with Crippen LogP contribution in [0.1, 0.15) is 29.8 Å². The molecule has 6 rings (SSSR count). The van der Waals surface area contributed by atoms with Crippen LogP contribution < -0.4 is 20.4 Å². The van der Waals surface area contributed by atoms with Gasteiger partial charge in [0, 0.05) is 38.3 Å². The summed E-state index contributed by atoms with van der Waals surface area (Å²) in [5.41, 5.74) is 2.39. The SMILES string of the molecule is CN1C(=O)N(c2nc(C(=O)Nc3cnccc3N3CCC4(CCNC4)CC3)cs2)C2C=CC=CC21. The molecule has 0 bridgehead atoms. The molecule has 35 heavy (non-hydrogen) atoms. The van der Waals surface area contributed by atoms with E-state index in [2.05, 4.69) is 25.5 Å². The third-order valence-corrected chi connectivity index (χ3v) is 8.64. The lowest BCUT2D eigenvalue weighted by molar-refractivity contribution is 0.102. The average molecular weight is 492 g/mol. The summed E-state index contributed by atoms with van der Waals surface area (Å²) in [6.07, 6.45) is 14.9. The highest BCUT2D eigenvalue weighted by Gasteiger charge is 2.44. The topological polar surface area (TPSA) is 93.7 Å². The molecule has 2 unspecified atom stereocenters. The first-order chi connectivity index (χ1) is 17.0. The maximum Gasteiger partial charge on any atom is 0.327 e. The highest BCUT2D eigenvalue weighted by Crippen LogP contribution is 2.40. The molecule has 3 saturated heterocycles. The van der Waals surface area contributed by atoms with Crippen LogP contribution in [-0.2, 0) is 0 Å². The van der Waals surface area contributed by atoms with E-state index in [9.17, 15) is 9.59 Å². The number of hydrogen-bond donors (Lipinski definition) is 2. The van der Waals surface area contributed by atoms with Crippen LogP contribution in [0.4, 0.5) is 21.3 Å². The predicted octanol–water partition coefficient (Wildman–Crippen LogP) is 3.11. The summed E-state index contributed by atoms with van der Waals surface area (Å²) in [5, 5.41) is 8.76. The van der Waals surface area contributed by atoms with Crippen molar-refractivity contribution in [2.45, 2.75) is 31.3 Å². The van der Waals surface area contributed by atoms with Gasteiger partial charge in [-0.2, -0.15) is 0 Å². The zero-order chi connectivity index (χ0) is 24.0. The van der Waals surface area contributed by atoms with E-state index in [4.69, 9.17) is 0 Å². The first kappa shape index (κ1) is 22.2. The van der Waals surface area contributed by atoms with Gasteiger partial charge in [-0.25, -0.2) is 9.78 Å². The minimum atomic E-state index is -0.300. The fraction of sp³-hybridized carbons (Fsp3) is 0.440. The van der Waals surface area contributed by atoms with Gasteiger partial charge in [0.05, 0.1) is 29.7 Å². The average Bonchev–Trinajstić information content (AvgIpc) is 3.60. The molecule has 4 aliphatic rings. The number of amides is 3. The number of nitrogens with one attached hydrogen (secondary N) is 2. The number of fused-ring (bicyclic) bond motifs is 1. The predicted molar refractivity (Wildman–Crippen MR) is 137 cm³/mol. The molecule has 0 aromatic carbocycles. The van der Waals surface area contributed by atoms with E-state index < -0.39 is 0 Å². The number of carbonyl (C=O) groups is 2. The van der Waals surface area contributed by atoms with Gasteiger partial charge >= 0.3 is 6.03 Å². The van der Waals surface area contributed by atoms with Crippen LogP contribution in [0.5, 0.6) is 0 Å². The van der Waals surface area contributed by atoms with Crippen molar-refractivity contribution in [1.29, 1.82) is 0 Å². The van der Waals surface area contributed by atoms with E-state index >= 15 is 0 Å². The molecule has 3 fully saturated rings. The van der Waals surface area contributed by atoms with Crippen LogP contribution in [0.15, 0.2) is 48.1 Å². The number of carbonyl (C=O) groups excluding carboxylic acids is 2. The number of anilines is 3. The molecule has 2 aromatic rings. The molecule has 2 aromatic heterocycles. The maximum absolute atomic E-state index is 13.1. The lowest BCUT2D eigenvalue weighted by Crippen LogP contribution is -2.41. The maximum atomic E-state index is 13.1. The number of aromatic nitrogens is 2. The largest absolute Gasteiger partial charge is 0.370 e. The summed E-state index contributed by atoms with van der Waals surface area (Å²) in [5.74, 6) is -0.300. The van der Waals surface area contributed by atoms with Crippen molar-refractivity contribution in [2.24, 2.45) is 5.41 Å². The minimum absolute atomic E-state index is 0.0321. The quantitative estimate of drug-likeness (QED) is 0.683. The van der Waals surface area contributed by atoms with Crippen LogP contribution >= 0.6 is 11.3 Å². The van der Waals surface area contributed by atoms with Crippen molar-refractivity contribution in [2.75, 3.05) is 48.3 Å². The van der Waals surface area contributed by atoms with Crippen molar-refractivity contribution < 1.29 is 9.59 Å². The highest BCUT2D eigenvalue weighted by atomic mass is 32.1. The lowest BCUT2D eigenvalue weighted by Gasteiger charge is -2.40. The Labute approximate surface area is 208 Å². The van der Waals surface area contributed by atoms with Crippen LogP contribution in [0, 0.1) is 5.41 Å². The first-order valence-electron chi connectivity index (χ1n) is 12.1. The minimum Gasteiger partial charge on any atom is -0.370 e. The number of pyridine rings is 1. The first-order valence-corrected chi connectivity index (χ1v) is 13.0. The van der Waals surface area contributed by atoms with Crippen molar-refractivity contribution in [3.63, 3.8) is 0 Å². The second-order valence-corrected chi connectivity index (χ2v) is 10.6. The molecule has 2 N–H and O–H groups in total. The van der Waals surface area contributed by atoms with Crippen molar-refractivity contribution in [3.8, 4) is 0 Å². The third kappa shape index (κ3) is 3.90. The van der Waals surface area contributed by atoms with Gasteiger partial charge in [-0.15, -0.1) is 11.3 Å². The summed E-state index contributed by atoms with van der Waals surface area (Å²) in [4.78, 5) is 40.5. The van der Waals surface area contributed by atoms with E-state index in [1.54, 1.807) is 34.6 Å². The Morgan fingerprint density at radius 3 is 2.77 bits per heavy atom. The summed E-state index contributed by atoms with van der Waals surface area (Å²) in [6.45, 7) is 4.14. The number of urea groups is 1. The summed E-state index contributed by atoms with van der Waals surface area (Å²) >= 11 is 1.31. The Kier molecular flexibility index (Phi) is 5.57. The van der Waals surface area contributed by atoms with Crippen LogP contribution in [0.25, 0.3) is 0 Å². The molecule has 0 radical (unpaired) electrons. The number of rotatable bonds is 4. The number of thiazole rings is 1. The molecular weight excluding hydrogens is 462 g/mol. The molecule has 0 saturated carbocycles. The van der Waals surface area contributed by atoms with E-state index in [1.807, 2.05) is 30.4 Å². The van der Waals surface area contributed by atoms with Crippen LogP contribution in [0.2, 0.25) is 0 Å². The number of likely N-dealkylation sites (N-methyl/N-ethyl adjacent to an activating group) is 1. The van der Waals surface area contributed by atoms with Gasteiger partial charge in [0.1, 0.15) is 5.69 Å². The van der Waals surface area contributed by atoms with Gasteiger partial charge < -0.3 is 20.4 Å². The summed E-state index contributed by atoms with van der Waals surface area (Å²) in [7, 11) is 1.79. The molecule has 9 nitrogen and oxygen atoms in total. The molecule has 1 aliphatic carbocycles. The molecule has 10 heteroatoms. The molecular formula is C25H29N7O2S. The molecule has 2 atom stereocenters. The monoisotopic (exact) mass is 491 g/mol. The molecule has 1 spiro atoms. The highest BCUT2D eigenvalue weighted by molar-refractivity contribution is 7.14. The van der Waals surface area contributed by atoms with E-state index in [0.29, 0.717) is 21.9 Å². The second kappa shape index (κ2) is 8.76. The molecule has 3 aliphatic heterocycles. The smallest absolute Gasteiger partial charge is 0.327 e. The van der Waals surface area contributed by atoms with Crippen molar-refractivity contribution >= 4 is 39.8 Å². The van der Waals surface area contributed by atoms with Crippen LogP contribution in [0.3, 0.4) is 0 Å². The molecule has 5 heterocycles. The Hall–Kier alpha value is -3.24. The standard InChI is InChI=1S/C25H29N7O2S/c1-30-20-4-2-3-5-21(20)32(24(30)34)23-29-18(15-35-23)22(33)28-17-14-26-10-6-19(17)31-12-8-25(9-13-31)7-11-27-16-25/h2-6,10,14-15,20-21,27H,7-9,11-13,16H2,1H3,(H,28,33). The van der Waals surface area contributed by atoms with Crippen LogP contribution in [-0.4, -0.2) is 72.1 Å². The third-order valence-electron chi connectivity index (χ3n) is 7.80. The number of allylic oxidation sites excluding steroid dienone is 2. The number of piperidine rings is 1. The Balaban J connectivity index is 1.17. The number of nitrogens with zero attached hydrogens (tertiary/aromatic N) is 5. The second-order valence-electron chi connectivity index (χ2n) is 9.79. The van der Waals surface area contributed by atoms with E-state index in [0.717, 1.165) is 44.7 Å². The Morgan fingerprint density at radius 2 is 2.00 bits per heavy atom. The molecule has 3 amide bonds. The Bertz CT molecular complexity index is 1190. The van der Waals surface area contributed by atoms with Crippen molar-refractivity contribution in [3.05, 3.63) is 53.8 Å². The summed E-state index contributed by atoms with van der Waals surface area (Å²) < 4.78 is 0. The van der Waals surface area contributed by atoms with Gasteiger partial charge in [-0.1, -0.05) is 24.3 Å². The lowest BCUT2D eigenvalue weighted by atomic mass is 9.78. The van der Waals surface area contributed by atoms with Gasteiger partial charge in [-0.3, -0.25) is 14.7 Å². The zero-order valence-electron chi connectivity index (χ0n) is 19.7. The fourth-order valence-corrected chi connectivity index (χ4v) is 6.53. The van der Waals surface area contributed by atoms with Gasteiger partial charge in [0.2, 0.25) is 0 Å². The van der Waals surface area contributed by atoms with E-state index in [-0.39, 0.29) is 24.0 Å². The number of hydrogen-bond acceptors (Lipinski definition) is 7. The van der Waals surface area contributed by atoms with Gasteiger partial charge in [0.25, 0.3) is 5.91 Å². The van der Waals surface area contributed by atoms with E-state index in [1.165, 1.54) is 17.8 Å². The van der Waals surface area contributed by atoms with Crippen molar-refractivity contribution in [1.82, 2.24) is 20.2 Å². The Morgan fingerprint density at radius 1 is 1.20 bits per heavy atom. The zero-order valence-corrected chi connectivity index (χ0v) is 20.5.